The number of ether oxygens (including phenoxy) is 2. The molecule has 2 aromatic carbocycles. The Morgan fingerprint density at radius 2 is 1.76 bits per heavy atom. The van der Waals surface area contributed by atoms with Gasteiger partial charge in [0.2, 0.25) is 5.88 Å². The molecule has 0 bridgehead atoms. The summed E-state index contributed by atoms with van der Waals surface area (Å²) < 4.78 is 10.9. The second-order valence-corrected chi connectivity index (χ2v) is 10.1. The Labute approximate surface area is 231 Å². The summed E-state index contributed by atoms with van der Waals surface area (Å²) in [4.78, 5) is 27.9. The van der Waals surface area contributed by atoms with Gasteiger partial charge in [0, 0.05) is 5.02 Å². The van der Waals surface area contributed by atoms with Crippen LogP contribution in [0.15, 0.2) is 72.8 Å². The lowest BCUT2D eigenvalue weighted by molar-refractivity contribution is 0.111. The third kappa shape index (κ3) is 4.36. The standard InChI is InChI=1S/C31H25Cl2NO4/c1-37-27-15-25-19(14-22(27)18-36)9-10-20(25)16-31(28-12-11-21(17-35)30(34-28)38-2)13-5-7-24(29(31)33)23-6-3-4-8-26(23)32/h3-8,11-18,29H,9-10H2,1-2H3. The first kappa shape index (κ1) is 26.0. The van der Waals surface area contributed by atoms with Crippen molar-refractivity contribution in [3.05, 3.63) is 111 Å². The van der Waals surface area contributed by atoms with Gasteiger partial charge in [0.15, 0.2) is 12.6 Å². The summed E-state index contributed by atoms with van der Waals surface area (Å²) in [7, 11) is 3.04. The van der Waals surface area contributed by atoms with Crippen LogP contribution in [-0.4, -0.2) is 37.2 Å². The van der Waals surface area contributed by atoms with Gasteiger partial charge < -0.3 is 9.47 Å². The predicted octanol–water partition coefficient (Wildman–Crippen LogP) is 6.91. The third-order valence-electron chi connectivity index (χ3n) is 7.18. The molecule has 1 aromatic heterocycles. The van der Waals surface area contributed by atoms with Crippen molar-refractivity contribution in [2.75, 3.05) is 14.2 Å². The number of halogens is 2. The van der Waals surface area contributed by atoms with E-state index in [1.807, 2.05) is 60.7 Å². The van der Waals surface area contributed by atoms with Gasteiger partial charge in [-0.15, -0.1) is 11.6 Å². The van der Waals surface area contributed by atoms with Crippen molar-refractivity contribution >= 4 is 46.9 Å². The quantitative estimate of drug-likeness (QED) is 0.238. The summed E-state index contributed by atoms with van der Waals surface area (Å²) >= 11 is 14.0. The average molecular weight is 546 g/mol. The first-order valence-electron chi connectivity index (χ1n) is 12.1. The second-order valence-electron chi connectivity index (χ2n) is 9.21. The summed E-state index contributed by atoms with van der Waals surface area (Å²) in [6, 6.07) is 14.9. The summed E-state index contributed by atoms with van der Waals surface area (Å²) in [5.41, 5.74) is 5.44. The number of rotatable bonds is 7. The van der Waals surface area contributed by atoms with Crippen LogP contribution >= 0.6 is 23.2 Å². The van der Waals surface area contributed by atoms with Crippen LogP contribution in [0.2, 0.25) is 5.02 Å². The molecule has 192 valence electrons. The monoisotopic (exact) mass is 545 g/mol. The van der Waals surface area contributed by atoms with Crippen molar-refractivity contribution in [3.63, 3.8) is 0 Å². The number of methoxy groups -OCH3 is 2. The van der Waals surface area contributed by atoms with Crippen LogP contribution in [0.3, 0.4) is 0 Å². The highest BCUT2D eigenvalue weighted by molar-refractivity contribution is 6.34. The van der Waals surface area contributed by atoms with E-state index in [0.29, 0.717) is 27.6 Å². The van der Waals surface area contributed by atoms with Gasteiger partial charge >= 0.3 is 0 Å². The molecule has 5 rings (SSSR count). The molecule has 7 heteroatoms. The number of carbonyl (C=O) groups is 2. The molecule has 38 heavy (non-hydrogen) atoms. The number of carbonyl (C=O) groups excluding carboxylic acids is 2. The average Bonchev–Trinajstić information content (AvgIpc) is 3.34. The molecule has 5 nitrogen and oxygen atoms in total. The van der Waals surface area contributed by atoms with Gasteiger partial charge in [-0.2, -0.15) is 0 Å². The van der Waals surface area contributed by atoms with Crippen molar-refractivity contribution < 1.29 is 19.1 Å². The van der Waals surface area contributed by atoms with Gasteiger partial charge in [0.25, 0.3) is 0 Å². The lowest BCUT2D eigenvalue weighted by atomic mass is 9.72. The molecule has 0 aliphatic heterocycles. The van der Waals surface area contributed by atoms with Crippen molar-refractivity contribution in [1.29, 1.82) is 0 Å². The number of aromatic nitrogens is 1. The Bertz CT molecular complexity index is 1520. The molecule has 0 saturated heterocycles. The number of hydrogen-bond acceptors (Lipinski definition) is 5. The molecule has 0 fully saturated rings. The van der Waals surface area contributed by atoms with Crippen LogP contribution < -0.4 is 9.47 Å². The molecule has 2 unspecified atom stereocenters. The van der Waals surface area contributed by atoms with Gasteiger partial charge in [-0.1, -0.05) is 54.1 Å². The number of aryl methyl sites for hydroxylation is 1. The van der Waals surface area contributed by atoms with Gasteiger partial charge in [-0.05, 0) is 71.0 Å². The number of aldehydes is 2. The van der Waals surface area contributed by atoms with E-state index in [-0.39, 0.29) is 5.88 Å². The van der Waals surface area contributed by atoms with E-state index in [1.165, 1.54) is 7.11 Å². The molecule has 0 saturated carbocycles. The molecule has 0 radical (unpaired) electrons. The molecular formula is C31H25Cl2NO4. The maximum Gasteiger partial charge on any atom is 0.224 e. The Balaban J connectivity index is 1.73. The van der Waals surface area contributed by atoms with Crippen molar-refractivity contribution in [2.45, 2.75) is 23.6 Å². The summed E-state index contributed by atoms with van der Waals surface area (Å²) in [6.07, 6.45) is 11.2. The normalized spacial score (nSPS) is 21.1. The van der Waals surface area contributed by atoms with E-state index < -0.39 is 10.8 Å². The largest absolute Gasteiger partial charge is 0.496 e. The minimum atomic E-state index is -0.896. The van der Waals surface area contributed by atoms with E-state index in [1.54, 1.807) is 13.2 Å². The zero-order valence-electron chi connectivity index (χ0n) is 20.9. The van der Waals surface area contributed by atoms with E-state index in [0.717, 1.165) is 53.3 Å². The van der Waals surface area contributed by atoms with Gasteiger partial charge in [0.1, 0.15) is 5.75 Å². The number of nitrogens with zero attached hydrogens (tertiary/aromatic N) is 1. The van der Waals surface area contributed by atoms with E-state index >= 15 is 0 Å². The highest BCUT2D eigenvalue weighted by Gasteiger charge is 2.42. The van der Waals surface area contributed by atoms with Crippen LogP contribution in [0.1, 0.15) is 49.5 Å². The maximum absolute atomic E-state index is 11.6. The molecule has 2 atom stereocenters. The first-order chi connectivity index (χ1) is 18.4. The second kappa shape index (κ2) is 10.6. The van der Waals surface area contributed by atoms with Gasteiger partial charge in [-0.25, -0.2) is 4.98 Å². The van der Waals surface area contributed by atoms with Crippen LogP contribution in [0.5, 0.6) is 11.6 Å². The molecule has 0 amide bonds. The molecule has 2 aliphatic rings. The molecule has 2 aliphatic carbocycles. The predicted molar refractivity (Wildman–Crippen MR) is 151 cm³/mol. The van der Waals surface area contributed by atoms with Gasteiger partial charge in [0.05, 0.1) is 41.8 Å². The molecule has 0 spiro atoms. The van der Waals surface area contributed by atoms with Crippen LogP contribution in [0.25, 0.3) is 11.1 Å². The summed E-state index contributed by atoms with van der Waals surface area (Å²) in [6.45, 7) is 0. The number of hydrogen-bond donors (Lipinski definition) is 0. The topological polar surface area (TPSA) is 65.5 Å². The summed E-state index contributed by atoms with van der Waals surface area (Å²) in [5.74, 6) is 0.750. The third-order valence-corrected chi connectivity index (χ3v) is 8.11. The number of fused-ring (bicyclic) bond motifs is 1. The Morgan fingerprint density at radius 3 is 2.47 bits per heavy atom. The Hall–Kier alpha value is -3.67. The van der Waals surface area contributed by atoms with Crippen LogP contribution in [0, 0.1) is 0 Å². The van der Waals surface area contributed by atoms with Crippen LogP contribution in [0.4, 0.5) is 0 Å². The maximum atomic E-state index is 11.6. The number of allylic oxidation sites excluding steroid dienone is 6. The van der Waals surface area contributed by atoms with Crippen LogP contribution in [-0.2, 0) is 11.8 Å². The van der Waals surface area contributed by atoms with Crippen molar-refractivity contribution in [1.82, 2.24) is 4.98 Å². The summed E-state index contributed by atoms with van der Waals surface area (Å²) in [5, 5.41) is 0.0137. The number of pyridine rings is 1. The minimum Gasteiger partial charge on any atom is -0.496 e. The fraction of sp³-hybridized carbons (Fsp3) is 0.194. The first-order valence-corrected chi connectivity index (χ1v) is 12.9. The lowest BCUT2D eigenvalue weighted by Crippen LogP contribution is -2.36. The molecular weight excluding hydrogens is 521 g/mol. The fourth-order valence-corrected chi connectivity index (χ4v) is 5.96. The van der Waals surface area contributed by atoms with Crippen molar-refractivity contribution in [3.8, 4) is 11.6 Å². The Morgan fingerprint density at radius 1 is 0.974 bits per heavy atom. The number of benzene rings is 2. The minimum absolute atomic E-state index is 0.227. The van der Waals surface area contributed by atoms with E-state index in [4.69, 9.17) is 37.7 Å². The van der Waals surface area contributed by atoms with Crippen molar-refractivity contribution in [2.24, 2.45) is 0 Å². The Kier molecular flexibility index (Phi) is 7.24. The SMILES string of the molecule is COc1cc2c(cc1C=O)CCC2=CC1(c2ccc(C=O)c(OC)n2)C=CC=C(c2ccccc2Cl)C1Cl. The zero-order chi connectivity index (χ0) is 26.9. The highest BCUT2D eigenvalue weighted by Crippen LogP contribution is 2.48. The van der Waals surface area contributed by atoms with E-state index in [9.17, 15) is 9.59 Å². The molecule has 0 N–H and O–H groups in total. The number of alkyl halides is 1. The lowest BCUT2D eigenvalue weighted by Gasteiger charge is -2.37. The fourth-order valence-electron chi connectivity index (χ4n) is 5.28. The van der Waals surface area contributed by atoms with Gasteiger partial charge in [-0.3, -0.25) is 9.59 Å². The zero-order valence-corrected chi connectivity index (χ0v) is 22.4. The molecule has 1 heterocycles. The van der Waals surface area contributed by atoms with E-state index in [2.05, 4.69) is 6.08 Å². The molecule has 3 aromatic rings. The highest BCUT2D eigenvalue weighted by atomic mass is 35.5. The smallest absolute Gasteiger partial charge is 0.224 e.